The predicted octanol–water partition coefficient (Wildman–Crippen LogP) is 2.77. The lowest BCUT2D eigenvalue weighted by molar-refractivity contribution is 0.0170. The second kappa shape index (κ2) is 11.4. The quantitative estimate of drug-likeness (QED) is 0.344. The Morgan fingerprint density at radius 1 is 1.03 bits per heavy atom. The third-order valence-corrected chi connectivity index (χ3v) is 5.25. The number of benzene rings is 2. The van der Waals surface area contributed by atoms with Gasteiger partial charge in [-0.1, -0.05) is 36.4 Å². The molecule has 2 N–H and O–H groups in total. The van der Waals surface area contributed by atoms with E-state index in [0.717, 1.165) is 55.9 Å². The van der Waals surface area contributed by atoms with Gasteiger partial charge in [0.1, 0.15) is 0 Å². The van der Waals surface area contributed by atoms with Gasteiger partial charge in [-0.05, 0) is 23.3 Å². The maximum Gasteiger partial charge on any atom is 0.231 e. The summed E-state index contributed by atoms with van der Waals surface area (Å²) in [6.45, 7) is 5.14. The highest BCUT2D eigenvalue weighted by molar-refractivity contribution is 14.0. The van der Waals surface area contributed by atoms with E-state index in [1.54, 1.807) is 7.05 Å². The molecular weight excluding hydrogens is 495 g/mol. The lowest BCUT2D eigenvalue weighted by Crippen LogP contribution is -2.46. The van der Waals surface area contributed by atoms with E-state index in [1.165, 1.54) is 5.56 Å². The van der Waals surface area contributed by atoms with E-state index in [1.807, 2.05) is 18.2 Å². The van der Waals surface area contributed by atoms with Crippen LogP contribution < -0.4 is 20.1 Å². The fourth-order valence-corrected chi connectivity index (χ4v) is 3.67. The van der Waals surface area contributed by atoms with Gasteiger partial charge in [0.05, 0.1) is 19.3 Å². The molecule has 2 heterocycles. The fourth-order valence-electron chi connectivity index (χ4n) is 3.67. The first-order valence-electron chi connectivity index (χ1n) is 10.0. The second-order valence-corrected chi connectivity index (χ2v) is 7.07. The molecule has 1 saturated heterocycles. The number of nitrogens with zero attached hydrogens (tertiary/aromatic N) is 2. The van der Waals surface area contributed by atoms with Crippen LogP contribution in [-0.2, 0) is 11.3 Å². The van der Waals surface area contributed by atoms with Crippen molar-refractivity contribution in [3.05, 3.63) is 59.7 Å². The monoisotopic (exact) mass is 524 g/mol. The molecule has 2 aromatic rings. The molecule has 0 aromatic heterocycles. The van der Waals surface area contributed by atoms with Crippen LogP contribution in [0.2, 0.25) is 0 Å². The van der Waals surface area contributed by atoms with Crippen molar-refractivity contribution in [2.75, 3.05) is 46.7 Å². The zero-order chi connectivity index (χ0) is 19.9. The van der Waals surface area contributed by atoms with E-state index in [4.69, 9.17) is 14.2 Å². The zero-order valence-corrected chi connectivity index (χ0v) is 19.5. The number of morpholine rings is 1. The van der Waals surface area contributed by atoms with E-state index < -0.39 is 0 Å². The minimum absolute atomic E-state index is 0. The number of guanidine groups is 1. The van der Waals surface area contributed by atoms with Crippen LogP contribution in [-0.4, -0.2) is 57.5 Å². The van der Waals surface area contributed by atoms with Gasteiger partial charge in [0.25, 0.3) is 0 Å². The number of nitrogens with one attached hydrogen (secondary N) is 2. The van der Waals surface area contributed by atoms with E-state index in [2.05, 4.69) is 50.9 Å². The van der Waals surface area contributed by atoms with Crippen molar-refractivity contribution < 1.29 is 14.2 Å². The molecule has 4 rings (SSSR count). The lowest BCUT2D eigenvalue weighted by atomic mass is 10.0. The molecule has 0 spiro atoms. The SMILES string of the molecule is CN=C(NCc1ccc2c(c1)OCO2)NCC(c1ccccc1)N1CCOCC1.I. The molecule has 0 saturated carbocycles. The topological polar surface area (TPSA) is 67.4 Å². The zero-order valence-electron chi connectivity index (χ0n) is 17.2. The first kappa shape index (κ1) is 22.6. The average Bonchev–Trinajstić information content (AvgIpc) is 3.25. The molecular formula is C22H29IN4O3. The van der Waals surface area contributed by atoms with Crippen molar-refractivity contribution in [2.24, 2.45) is 4.99 Å². The normalized spacial score (nSPS) is 17.2. The van der Waals surface area contributed by atoms with Crippen LogP contribution in [0.1, 0.15) is 17.2 Å². The third-order valence-electron chi connectivity index (χ3n) is 5.25. The number of ether oxygens (including phenoxy) is 3. The summed E-state index contributed by atoms with van der Waals surface area (Å²) in [4.78, 5) is 6.85. The van der Waals surface area contributed by atoms with Gasteiger partial charge in [0.15, 0.2) is 17.5 Å². The van der Waals surface area contributed by atoms with Gasteiger partial charge in [-0.15, -0.1) is 24.0 Å². The average molecular weight is 524 g/mol. The van der Waals surface area contributed by atoms with E-state index in [0.29, 0.717) is 6.54 Å². The lowest BCUT2D eigenvalue weighted by Gasteiger charge is -2.35. The first-order valence-corrected chi connectivity index (χ1v) is 10.0. The van der Waals surface area contributed by atoms with E-state index in [9.17, 15) is 0 Å². The van der Waals surface area contributed by atoms with Gasteiger partial charge in [-0.3, -0.25) is 9.89 Å². The Labute approximate surface area is 194 Å². The fraction of sp³-hybridized carbons (Fsp3) is 0.409. The molecule has 1 unspecified atom stereocenters. The minimum atomic E-state index is 0. The smallest absolute Gasteiger partial charge is 0.231 e. The summed E-state index contributed by atoms with van der Waals surface area (Å²) in [5, 5.41) is 6.87. The van der Waals surface area contributed by atoms with Gasteiger partial charge in [0, 0.05) is 33.2 Å². The molecule has 1 fully saturated rings. The highest BCUT2D eigenvalue weighted by Crippen LogP contribution is 2.32. The summed E-state index contributed by atoms with van der Waals surface area (Å²) in [5.41, 5.74) is 2.41. The van der Waals surface area contributed by atoms with Gasteiger partial charge < -0.3 is 24.8 Å². The van der Waals surface area contributed by atoms with Crippen molar-refractivity contribution in [3.63, 3.8) is 0 Å². The molecule has 2 aliphatic rings. The number of aliphatic imine (C=N–C) groups is 1. The van der Waals surface area contributed by atoms with Crippen molar-refractivity contribution in [3.8, 4) is 11.5 Å². The maximum absolute atomic E-state index is 5.53. The van der Waals surface area contributed by atoms with Crippen LogP contribution in [0.4, 0.5) is 0 Å². The maximum atomic E-state index is 5.53. The van der Waals surface area contributed by atoms with Crippen molar-refractivity contribution in [1.82, 2.24) is 15.5 Å². The van der Waals surface area contributed by atoms with Crippen molar-refractivity contribution in [1.29, 1.82) is 0 Å². The highest BCUT2D eigenvalue weighted by Gasteiger charge is 2.22. The molecule has 0 aliphatic carbocycles. The Balaban J connectivity index is 0.00000256. The van der Waals surface area contributed by atoms with Gasteiger partial charge in [0.2, 0.25) is 6.79 Å². The molecule has 2 aliphatic heterocycles. The number of hydrogen-bond donors (Lipinski definition) is 2. The summed E-state index contributed by atoms with van der Waals surface area (Å²) in [6, 6.07) is 16.9. The number of fused-ring (bicyclic) bond motifs is 1. The van der Waals surface area contributed by atoms with Crippen LogP contribution in [0.5, 0.6) is 11.5 Å². The Kier molecular flexibility index (Phi) is 8.59. The standard InChI is InChI=1S/C22H28N4O3.HI/c1-23-22(24-14-17-7-8-20-21(13-17)29-16-28-20)25-15-19(18-5-3-2-4-6-18)26-9-11-27-12-10-26;/h2-8,13,19H,9-12,14-16H2,1H3,(H2,23,24,25);1H. The Morgan fingerprint density at radius 2 is 1.80 bits per heavy atom. The van der Waals surface area contributed by atoms with Gasteiger partial charge in [-0.25, -0.2) is 0 Å². The highest BCUT2D eigenvalue weighted by atomic mass is 127. The van der Waals surface area contributed by atoms with Crippen LogP contribution in [0, 0.1) is 0 Å². The van der Waals surface area contributed by atoms with Crippen LogP contribution in [0.3, 0.4) is 0 Å². The molecule has 7 nitrogen and oxygen atoms in total. The van der Waals surface area contributed by atoms with E-state index >= 15 is 0 Å². The van der Waals surface area contributed by atoms with E-state index in [-0.39, 0.29) is 36.8 Å². The molecule has 30 heavy (non-hydrogen) atoms. The summed E-state index contributed by atoms with van der Waals surface area (Å²) in [5.74, 6) is 2.37. The predicted molar refractivity (Wildman–Crippen MR) is 128 cm³/mol. The third kappa shape index (κ3) is 5.77. The molecule has 0 bridgehead atoms. The molecule has 8 heteroatoms. The summed E-state index contributed by atoms with van der Waals surface area (Å²) >= 11 is 0. The summed E-state index contributed by atoms with van der Waals surface area (Å²) in [7, 11) is 1.79. The van der Waals surface area contributed by atoms with Crippen LogP contribution in [0.25, 0.3) is 0 Å². The van der Waals surface area contributed by atoms with Crippen LogP contribution in [0.15, 0.2) is 53.5 Å². The number of rotatable bonds is 6. The Morgan fingerprint density at radius 3 is 2.57 bits per heavy atom. The summed E-state index contributed by atoms with van der Waals surface area (Å²) < 4.78 is 16.4. The molecule has 1 atom stereocenters. The van der Waals surface area contributed by atoms with Gasteiger partial charge in [-0.2, -0.15) is 0 Å². The number of hydrogen-bond acceptors (Lipinski definition) is 5. The minimum Gasteiger partial charge on any atom is -0.454 e. The van der Waals surface area contributed by atoms with Crippen LogP contribution >= 0.6 is 24.0 Å². The van der Waals surface area contributed by atoms with Crippen molar-refractivity contribution in [2.45, 2.75) is 12.6 Å². The molecule has 162 valence electrons. The molecule has 0 amide bonds. The number of halogens is 1. The second-order valence-electron chi connectivity index (χ2n) is 7.07. The largest absolute Gasteiger partial charge is 0.454 e. The van der Waals surface area contributed by atoms with Gasteiger partial charge >= 0.3 is 0 Å². The summed E-state index contributed by atoms with van der Waals surface area (Å²) in [6.07, 6.45) is 0. The first-order chi connectivity index (χ1) is 14.3. The Bertz CT molecular complexity index is 828. The van der Waals surface area contributed by atoms with Crippen molar-refractivity contribution >= 4 is 29.9 Å². The molecule has 0 radical (unpaired) electrons. The molecule has 2 aromatic carbocycles. The Hall–Kier alpha value is -2.04.